The van der Waals surface area contributed by atoms with Crippen molar-refractivity contribution in [2.24, 2.45) is 0 Å². The Balaban J connectivity index is 1.89. The van der Waals surface area contributed by atoms with Crippen molar-refractivity contribution in [2.75, 3.05) is 19.6 Å². The van der Waals surface area contributed by atoms with Gasteiger partial charge in [0.2, 0.25) is 5.91 Å². The number of halogens is 2. The highest BCUT2D eigenvalue weighted by Gasteiger charge is 2.18. The van der Waals surface area contributed by atoms with Crippen LogP contribution in [0, 0.1) is 5.82 Å². The first-order chi connectivity index (χ1) is 9.58. The van der Waals surface area contributed by atoms with E-state index in [9.17, 15) is 9.18 Å². The second-order valence-corrected chi connectivity index (χ2v) is 6.13. The predicted molar refractivity (Wildman–Crippen MR) is 80.9 cm³/mol. The molecule has 0 radical (unpaired) electrons. The Labute approximate surface area is 127 Å². The zero-order valence-electron chi connectivity index (χ0n) is 11.7. The van der Waals surface area contributed by atoms with Crippen molar-refractivity contribution in [1.82, 2.24) is 10.2 Å². The molecule has 1 saturated heterocycles. The largest absolute Gasteiger partial charge is 0.342 e. The molecule has 1 fully saturated rings. The number of likely N-dealkylation sites (tertiary alicyclic amines) is 1. The molecule has 1 aliphatic rings. The van der Waals surface area contributed by atoms with E-state index in [1.807, 2.05) is 11.8 Å². The van der Waals surface area contributed by atoms with Gasteiger partial charge in [-0.25, -0.2) is 4.39 Å². The molecule has 1 heterocycles. The van der Waals surface area contributed by atoms with Crippen molar-refractivity contribution in [1.29, 1.82) is 0 Å². The summed E-state index contributed by atoms with van der Waals surface area (Å²) < 4.78 is 14.6. The SMILES string of the molecule is CC(NCC(=O)N1CCCCC1)c1cc(Br)ccc1F. The Hall–Kier alpha value is -0.940. The van der Waals surface area contributed by atoms with E-state index in [-0.39, 0.29) is 24.3 Å². The lowest BCUT2D eigenvalue weighted by Gasteiger charge is -2.27. The number of carbonyl (C=O) groups excluding carboxylic acids is 1. The maximum Gasteiger partial charge on any atom is 0.236 e. The summed E-state index contributed by atoms with van der Waals surface area (Å²) in [6, 6.07) is 4.66. The molecular formula is C15H20BrFN2O. The van der Waals surface area contributed by atoms with Crippen LogP contribution in [0.4, 0.5) is 4.39 Å². The van der Waals surface area contributed by atoms with Crippen LogP contribution >= 0.6 is 15.9 Å². The minimum atomic E-state index is -0.251. The topological polar surface area (TPSA) is 32.3 Å². The van der Waals surface area contributed by atoms with Crippen LogP contribution in [0.3, 0.4) is 0 Å². The zero-order chi connectivity index (χ0) is 14.5. The van der Waals surface area contributed by atoms with Gasteiger partial charge in [0.25, 0.3) is 0 Å². The Morgan fingerprint density at radius 1 is 1.40 bits per heavy atom. The van der Waals surface area contributed by atoms with Gasteiger partial charge in [0, 0.05) is 29.2 Å². The third-order valence-electron chi connectivity index (χ3n) is 3.69. The number of rotatable bonds is 4. The monoisotopic (exact) mass is 342 g/mol. The van der Waals surface area contributed by atoms with Gasteiger partial charge in [0.05, 0.1) is 6.54 Å². The van der Waals surface area contributed by atoms with Crippen LogP contribution in [-0.2, 0) is 4.79 Å². The first-order valence-corrected chi connectivity index (χ1v) is 7.83. The molecule has 0 spiro atoms. The van der Waals surface area contributed by atoms with E-state index in [4.69, 9.17) is 0 Å². The van der Waals surface area contributed by atoms with E-state index >= 15 is 0 Å². The number of nitrogens with zero attached hydrogens (tertiary/aromatic N) is 1. The maximum atomic E-state index is 13.7. The summed E-state index contributed by atoms with van der Waals surface area (Å²) >= 11 is 3.34. The molecule has 0 bridgehead atoms. The molecule has 1 aliphatic heterocycles. The van der Waals surface area contributed by atoms with E-state index < -0.39 is 0 Å². The van der Waals surface area contributed by atoms with E-state index in [1.54, 1.807) is 12.1 Å². The quantitative estimate of drug-likeness (QED) is 0.910. The zero-order valence-corrected chi connectivity index (χ0v) is 13.2. The highest BCUT2D eigenvalue weighted by atomic mass is 79.9. The Morgan fingerprint density at radius 3 is 2.80 bits per heavy atom. The summed E-state index contributed by atoms with van der Waals surface area (Å²) in [4.78, 5) is 13.9. The van der Waals surface area contributed by atoms with Crippen LogP contribution in [-0.4, -0.2) is 30.4 Å². The fourth-order valence-corrected chi connectivity index (χ4v) is 2.83. The van der Waals surface area contributed by atoms with Gasteiger partial charge in [-0.1, -0.05) is 15.9 Å². The number of carbonyl (C=O) groups is 1. The molecule has 3 nitrogen and oxygen atoms in total. The van der Waals surface area contributed by atoms with Crippen LogP contribution in [0.15, 0.2) is 22.7 Å². The summed E-state index contributed by atoms with van der Waals surface area (Å²) in [5.74, 6) is -0.148. The van der Waals surface area contributed by atoms with Gasteiger partial charge in [-0.05, 0) is 44.4 Å². The van der Waals surface area contributed by atoms with Crippen molar-refractivity contribution in [3.63, 3.8) is 0 Å². The van der Waals surface area contributed by atoms with Gasteiger partial charge in [-0.15, -0.1) is 0 Å². The lowest BCUT2D eigenvalue weighted by molar-refractivity contribution is -0.131. The van der Waals surface area contributed by atoms with Crippen LogP contribution in [0.2, 0.25) is 0 Å². The molecule has 1 aromatic rings. The molecule has 1 unspecified atom stereocenters. The Kier molecular flexibility index (Phi) is 5.54. The fraction of sp³-hybridized carbons (Fsp3) is 0.533. The molecule has 110 valence electrons. The summed E-state index contributed by atoms with van der Waals surface area (Å²) in [5.41, 5.74) is 0.575. The molecule has 0 saturated carbocycles. The molecule has 5 heteroatoms. The van der Waals surface area contributed by atoms with Crippen molar-refractivity contribution in [2.45, 2.75) is 32.2 Å². The van der Waals surface area contributed by atoms with Gasteiger partial charge in [-0.3, -0.25) is 4.79 Å². The van der Waals surface area contributed by atoms with Gasteiger partial charge in [0.15, 0.2) is 0 Å². The second-order valence-electron chi connectivity index (χ2n) is 5.21. The van der Waals surface area contributed by atoms with Crippen molar-refractivity contribution in [3.8, 4) is 0 Å². The lowest BCUT2D eigenvalue weighted by Crippen LogP contribution is -2.41. The smallest absolute Gasteiger partial charge is 0.236 e. The highest BCUT2D eigenvalue weighted by molar-refractivity contribution is 9.10. The fourth-order valence-electron chi connectivity index (χ4n) is 2.45. The molecule has 1 atom stereocenters. The van der Waals surface area contributed by atoms with Gasteiger partial charge in [-0.2, -0.15) is 0 Å². The van der Waals surface area contributed by atoms with E-state index in [0.29, 0.717) is 5.56 Å². The molecule has 1 amide bonds. The van der Waals surface area contributed by atoms with E-state index in [2.05, 4.69) is 21.2 Å². The summed E-state index contributed by atoms with van der Waals surface area (Å²) in [7, 11) is 0. The Bertz CT molecular complexity index is 475. The standard InChI is InChI=1S/C15H20BrFN2O/c1-11(13-9-12(16)5-6-14(13)17)18-10-15(20)19-7-3-2-4-8-19/h5-6,9,11,18H,2-4,7-8,10H2,1H3. The molecule has 20 heavy (non-hydrogen) atoms. The number of nitrogens with one attached hydrogen (secondary N) is 1. The second kappa shape index (κ2) is 7.18. The first-order valence-electron chi connectivity index (χ1n) is 7.04. The van der Waals surface area contributed by atoms with Crippen molar-refractivity contribution < 1.29 is 9.18 Å². The number of hydrogen-bond acceptors (Lipinski definition) is 2. The van der Waals surface area contributed by atoms with Crippen LogP contribution in [0.5, 0.6) is 0 Å². The van der Waals surface area contributed by atoms with Crippen LogP contribution < -0.4 is 5.32 Å². The number of benzene rings is 1. The summed E-state index contributed by atoms with van der Waals surface area (Å²) in [6.07, 6.45) is 3.37. The molecular weight excluding hydrogens is 323 g/mol. The molecule has 0 aromatic heterocycles. The molecule has 0 aliphatic carbocycles. The van der Waals surface area contributed by atoms with E-state index in [0.717, 1.165) is 30.4 Å². The maximum absolute atomic E-state index is 13.7. The molecule has 1 N–H and O–H groups in total. The normalized spacial score (nSPS) is 17.1. The van der Waals surface area contributed by atoms with Crippen LogP contribution in [0.25, 0.3) is 0 Å². The number of hydrogen-bond donors (Lipinski definition) is 1. The number of amides is 1. The third kappa shape index (κ3) is 4.03. The highest BCUT2D eigenvalue weighted by Crippen LogP contribution is 2.21. The summed E-state index contributed by atoms with van der Waals surface area (Å²) in [5, 5.41) is 3.11. The minimum Gasteiger partial charge on any atom is -0.342 e. The van der Waals surface area contributed by atoms with Gasteiger partial charge in [0.1, 0.15) is 5.82 Å². The third-order valence-corrected chi connectivity index (χ3v) is 4.19. The Morgan fingerprint density at radius 2 is 2.10 bits per heavy atom. The average molecular weight is 343 g/mol. The molecule has 1 aromatic carbocycles. The minimum absolute atomic E-state index is 0.104. The lowest BCUT2D eigenvalue weighted by atomic mass is 10.1. The predicted octanol–water partition coefficient (Wildman–Crippen LogP) is 3.25. The van der Waals surface area contributed by atoms with Crippen LogP contribution in [0.1, 0.15) is 37.8 Å². The van der Waals surface area contributed by atoms with Gasteiger partial charge >= 0.3 is 0 Å². The molecule has 2 rings (SSSR count). The van der Waals surface area contributed by atoms with Crippen molar-refractivity contribution in [3.05, 3.63) is 34.1 Å². The number of piperidine rings is 1. The van der Waals surface area contributed by atoms with Gasteiger partial charge < -0.3 is 10.2 Å². The average Bonchev–Trinajstić information content (AvgIpc) is 2.47. The van der Waals surface area contributed by atoms with E-state index in [1.165, 1.54) is 12.5 Å². The van der Waals surface area contributed by atoms with Crippen molar-refractivity contribution >= 4 is 21.8 Å². The first kappa shape index (κ1) is 15.4. The summed E-state index contributed by atoms with van der Waals surface area (Å²) in [6.45, 7) is 3.82.